The third-order valence-corrected chi connectivity index (χ3v) is 6.91. The summed E-state index contributed by atoms with van der Waals surface area (Å²) in [6, 6.07) is 37.5. The predicted molar refractivity (Wildman–Crippen MR) is 150 cm³/mol. The first-order valence-corrected chi connectivity index (χ1v) is 12.6. The van der Waals surface area contributed by atoms with Crippen molar-refractivity contribution in [1.29, 1.82) is 0 Å². The van der Waals surface area contributed by atoms with Crippen molar-refractivity contribution in [3.05, 3.63) is 120 Å². The molecule has 0 aliphatic heterocycles. The van der Waals surface area contributed by atoms with Crippen molar-refractivity contribution < 1.29 is 0 Å². The molecular weight excluding hydrogens is 452 g/mol. The Morgan fingerprint density at radius 2 is 1.03 bits per heavy atom. The molecule has 176 valence electrons. The Hall–Kier alpha value is -4.83. The maximum absolute atomic E-state index is 5.04. The molecule has 4 aromatic carbocycles. The Kier molecular flexibility index (Phi) is 5.21. The maximum atomic E-state index is 5.04. The van der Waals surface area contributed by atoms with Crippen LogP contribution in [-0.4, -0.2) is 19.5 Å². The number of para-hydroxylation sites is 1. The molecule has 2 heterocycles. The van der Waals surface area contributed by atoms with Crippen molar-refractivity contribution in [1.82, 2.24) is 19.5 Å². The van der Waals surface area contributed by atoms with Crippen LogP contribution in [0.2, 0.25) is 0 Å². The first kappa shape index (κ1) is 21.5. The zero-order valence-electron chi connectivity index (χ0n) is 20.3. The van der Waals surface area contributed by atoms with E-state index in [4.69, 9.17) is 15.0 Å². The highest BCUT2D eigenvalue weighted by atomic mass is 15.2. The molecule has 0 atom stereocenters. The summed E-state index contributed by atoms with van der Waals surface area (Å²) in [5, 5.41) is 3.64. The van der Waals surface area contributed by atoms with Crippen LogP contribution in [0.1, 0.15) is 12.8 Å². The zero-order chi connectivity index (χ0) is 24.6. The quantitative estimate of drug-likeness (QED) is 0.306. The van der Waals surface area contributed by atoms with Gasteiger partial charge in [-0.3, -0.25) is 4.57 Å². The number of aromatic nitrogens is 4. The molecule has 4 nitrogen and oxygen atoms in total. The van der Waals surface area contributed by atoms with E-state index < -0.39 is 0 Å². The van der Waals surface area contributed by atoms with Gasteiger partial charge in [-0.15, -0.1) is 0 Å². The highest BCUT2D eigenvalue weighted by Gasteiger charge is 2.17. The molecular formula is C33H24N4. The lowest BCUT2D eigenvalue weighted by atomic mass is 10.0. The van der Waals surface area contributed by atoms with Crippen LogP contribution >= 0.6 is 0 Å². The Morgan fingerprint density at radius 3 is 1.76 bits per heavy atom. The molecule has 37 heavy (non-hydrogen) atoms. The van der Waals surface area contributed by atoms with Crippen LogP contribution in [0.15, 0.2) is 109 Å². The third-order valence-electron chi connectivity index (χ3n) is 6.91. The fourth-order valence-electron chi connectivity index (χ4n) is 5.12. The molecule has 0 spiro atoms. The van der Waals surface area contributed by atoms with Crippen LogP contribution in [0.25, 0.3) is 62.9 Å². The second-order valence-corrected chi connectivity index (χ2v) is 9.23. The minimum atomic E-state index is 0.639. The Morgan fingerprint density at radius 1 is 0.486 bits per heavy atom. The van der Waals surface area contributed by atoms with Gasteiger partial charge in [0.05, 0.1) is 10.9 Å². The van der Waals surface area contributed by atoms with Crippen LogP contribution in [0.4, 0.5) is 0 Å². The van der Waals surface area contributed by atoms with Crippen molar-refractivity contribution in [2.75, 3.05) is 0 Å². The van der Waals surface area contributed by atoms with Crippen molar-refractivity contribution in [2.24, 2.45) is 0 Å². The Labute approximate surface area is 214 Å². The highest BCUT2D eigenvalue weighted by molar-refractivity contribution is 5.84. The fraction of sp³-hybridized carbons (Fsp3) is 0.0606. The van der Waals surface area contributed by atoms with Crippen molar-refractivity contribution >= 4 is 23.1 Å². The van der Waals surface area contributed by atoms with Gasteiger partial charge in [-0.1, -0.05) is 115 Å². The van der Waals surface area contributed by atoms with E-state index in [-0.39, 0.29) is 0 Å². The normalized spacial score (nSPS) is 12.5. The first-order valence-electron chi connectivity index (χ1n) is 12.6. The SMILES string of the molecule is C1=c2c(n(-c3nc(-c4ccccc4)nc(-c4ccc(-c5ccccc5)cc4)n3)c3ccccc23)=CCC1. The molecule has 0 saturated heterocycles. The van der Waals surface area contributed by atoms with E-state index in [1.165, 1.54) is 16.2 Å². The summed E-state index contributed by atoms with van der Waals surface area (Å²) in [6.07, 6.45) is 6.69. The summed E-state index contributed by atoms with van der Waals surface area (Å²) in [5.74, 6) is 1.97. The molecule has 0 N–H and O–H groups in total. The number of nitrogens with zero attached hydrogens (tertiary/aromatic N) is 4. The monoisotopic (exact) mass is 476 g/mol. The molecule has 4 heteroatoms. The molecule has 7 rings (SSSR count). The summed E-state index contributed by atoms with van der Waals surface area (Å²) >= 11 is 0. The summed E-state index contributed by atoms with van der Waals surface area (Å²) in [4.78, 5) is 15.0. The summed E-state index contributed by atoms with van der Waals surface area (Å²) in [7, 11) is 0. The van der Waals surface area contributed by atoms with Crippen LogP contribution in [0.3, 0.4) is 0 Å². The van der Waals surface area contributed by atoms with E-state index in [1.807, 2.05) is 36.4 Å². The van der Waals surface area contributed by atoms with E-state index in [1.54, 1.807) is 0 Å². The number of benzene rings is 4. The Balaban J connectivity index is 1.45. The molecule has 0 radical (unpaired) electrons. The van der Waals surface area contributed by atoms with Crippen LogP contribution < -0.4 is 10.6 Å². The number of hydrogen-bond donors (Lipinski definition) is 0. The number of fused-ring (bicyclic) bond motifs is 3. The van der Waals surface area contributed by atoms with Gasteiger partial charge in [0.1, 0.15) is 0 Å². The summed E-state index contributed by atoms with van der Waals surface area (Å²) < 4.78 is 2.19. The smallest absolute Gasteiger partial charge is 0.238 e. The standard InChI is InChI=1S/C33H24N4/c1-3-11-23(12-4-1)24-19-21-26(22-20-24)32-34-31(25-13-5-2-6-14-25)35-33(36-32)37-29-17-9-7-15-27(29)28-16-8-10-18-30(28)37/h1-7,9,11-22H,8,10H2. The van der Waals surface area contributed by atoms with Gasteiger partial charge in [0, 0.05) is 21.7 Å². The highest BCUT2D eigenvalue weighted by Crippen LogP contribution is 2.26. The third kappa shape index (κ3) is 3.83. The molecule has 0 saturated carbocycles. The second kappa shape index (κ2) is 8.99. The average molecular weight is 477 g/mol. The maximum Gasteiger partial charge on any atom is 0.238 e. The zero-order valence-corrected chi connectivity index (χ0v) is 20.3. The molecule has 6 aromatic rings. The minimum Gasteiger partial charge on any atom is -0.278 e. The molecule has 0 bridgehead atoms. The van der Waals surface area contributed by atoms with Gasteiger partial charge in [0.25, 0.3) is 0 Å². The van der Waals surface area contributed by atoms with E-state index in [2.05, 4.69) is 89.5 Å². The topological polar surface area (TPSA) is 43.6 Å². The van der Waals surface area contributed by atoms with E-state index in [9.17, 15) is 0 Å². The van der Waals surface area contributed by atoms with Gasteiger partial charge < -0.3 is 0 Å². The molecule has 2 aromatic heterocycles. The average Bonchev–Trinajstić information content (AvgIpc) is 3.32. The number of hydrogen-bond acceptors (Lipinski definition) is 3. The Bertz CT molecular complexity index is 1850. The van der Waals surface area contributed by atoms with Crippen LogP contribution in [0.5, 0.6) is 0 Å². The van der Waals surface area contributed by atoms with Crippen molar-refractivity contribution in [3.63, 3.8) is 0 Å². The molecule has 1 aliphatic carbocycles. The van der Waals surface area contributed by atoms with Gasteiger partial charge >= 0.3 is 0 Å². The summed E-state index contributed by atoms with van der Waals surface area (Å²) in [6.45, 7) is 0. The van der Waals surface area contributed by atoms with E-state index in [0.29, 0.717) is 17.6 Å². The number of rotatable bonds is 4. The van der Waals surface area contributed by atoms with Crippen molar-refractivity contribution in [3.8, 4) is 39.9 Å². The summed E-state index contributed by atoms with van der Waals surface area (Å²) in [5.41, 5.74) is 5.39. The van der Waals surface area contributed by atoms with Gasteiger partial charge in [0.15, 0.2) is 11.6 Å². The lowest BCUT2D eigenvalue weighted by Crippen LogP contribution is -2.31. The van der Waals surface area contributed by atoms with Crippen LogP contribution in [-0.2, 0) is 0 Å². The lowest BCUT2D eigenvalue weighted by molar-refractivity contribution is 0.902. The van der Waals surface area contributed by atoms with Gasteiger partial charge in [-0.05, 0) is 30.0 Å². The minimum absolute atomic E-state index is 0.639. The molecule has 1 aliphatic rings. The van der Waals surface area contributed by atoms with Gasteiger partial charge in [-0.25, -0.2) is 4.98 Å². The second-order valence-electron chi connectivity index (χ2n) is 9.23. The van der Waals surface area contributed by atoms with Gasteiger partial charge in [0.2, 0.25) is 5.95 Å². The molecule has 0 amide bonds. The predicted octanol–water partition coefficient (Wildman–Crippen LogP) is 6.17. The first-order chi connectivity index (χ1) is 18.3. The van der Waals surface area contributed by atoms with E-state index >= 15 is 0 Å². The van der Waals surface area contributed by atoms with Crippen LogP contribution in [0, 0.1) is 0 Å². The molecule has 0 fully saturated rings. The molecule has 0 unspecified atom stereocenters. The lowest BCUT2D eigenvalue weighted by Gasteiger charge is -2.11. The largest absolute Gasteiger partial charge is 0.278 e. The van der Waals surface area contributed by atoms with Gasteiger partial charge in [-0.2, -0.15) is 9.97 Å². The van der Waals surface area contributed by atoms with E-state index in [0.717, 1.165) is 40.4 Å². The van der Waals surface area contributed by atoms with Crippen molar-refractivity contribution in [2.45, 2.75) is 12.8 Å². The fourth-order valence-corrected chi connectivity index (χ4v) is 5.12.